The predicted octanol–water partition coefficient (Wildman–Crippen LogP) is -0.291. The molecule has 0 aliphatic carbocycles. The van der Waals surface area contributed by atoms with Crippen LogP contribution in [0.2, 0.25) is 0 Å². The van der Waals surface area contributed by atoms with E-state index < -0.39 is 12.0 Å². The Morgan fingerprint density at radius 2 is 1.85 bits per heavy atom. The molecule has 1 saturated heterocycles. The molecule has 1 aliphatic heterocycles. The number of rotatable bonds is 3. The third-order valence-electron chi connectivity index (χ3n) is 2.46. The number of hydrogen-bond donors (Lipinski definition) is 2. The predicted molar refractivity (Wildman–Crippen MR) is 50.1 cm³/mol. The number of primary amides is 1. The second kappa shape index (κ2) is 5.19. The lowest BCUT2D eigenvalue weighted by atomic mass is 10.2. The Hall–Kier alpha value is -0.610. The van der Waals surface area contributed by atoms with Crippen LogP contribution in [0.25, 0.3) is 0 Å². The first-order valence-electron chi connectivity index (χ1n) is 4.90. The van der Waals surface area contributed by atoms with E-state index in [1.165, 1.54) is 12.8 Å². The summed E-state index contributed by atoms with van der Waals surface area (Å²) in [4.78, 5) is 12.7. The van der Waals surface area contributed by atoms with Crippen LogP contribution in [0.15, 0.2) is 0 Å². The van der Waals surface area contributed by atoms with Crippen molar-refractivity contribution in [3.8, 4) is 0 Å². The van der Waals surface area contributed by atoms with E-state index in [1.807, 2.05) is 0 Å². The van der Waals surface area contributed by atoms with Crippen LogP contribution in [0.5, 0.6) is 0 Å². The molecular formula is C9H18N2O2. The second-order valence-corrected chi connectivity index (χ2v) is 3.63. The van der Waals surface area contributed by atoms with Gasteiger partial charge in [0.05, 0.1) is 0 Å². The fourth-order valence-corrected chi connectivity index (χ4v) is 1.65. The van der Waals surface area contributed by atoms with Crippen LogP contribution in [0.4, 0.5) is 0 Å². The molecule has 4 nitrogen and oxygen atoms in total. The first-order valence-corrected chi connectivity index (χ1v) is 4.90. The van der Waals surface area contributed by atoms with Gasteiger partial charge >= 0.3 is 0 Å². The number of aliphatic hydroxyl groups excluding tert-OH is 1. The van der Waals surface area contributed by atoms with Crippen molar-refractivity contribution >= 4 is 5.91 Å². The maximum atomic E-state index is 10.6. The molecule has 76 valence electrons. The van der Waals surface area contributed by atoms with E-state index in [-0.39, 0.29) is 0 Å². The van der Waals surface area contributed by atoms with Gasteiger partial charge in [0.1, 0.15) is 6.10 Å². The molecule has 13 heavy (non-hydrogen) atoms. The Kier molecular flexibility index (Phi) is 4.18. The average molecular weight is 186 g/mol. The molecule has 3 N–H and O–H groups in total. The molecule has 1 aliphatic rings. The number of amides is 1. The van der Waals surface area contributed by atoms with E-state index in [9.17, 15) is 9.90 Å². The first kappa shape index (κ1) is 10.5. The number of aliphatic hydroxyl groups is 1. The van der Waals surface area contributed by atoms with Crippen LogP contribution < -0.4 is 5.73 Å². The summed E-state index contributed by atoms with van der Waals surface area (Å²) in [5.41, 5.74) is 4.98. The highest BCUT2D eigenvalue weighted by Gasteiger charge is 2.16. The van der Waals surface area contributed by atoms with E-state index in [0.717, 1.165) is 25.9 Å². The first-order chi connectivity index (χ1) is 6.20. The van der Waals surface area contributed by atoms with Gasteiger partial charge in [-0.05, 0) is 25.9 Å². The van der Waals surface area contributed by atoms with Crippen LogP contribution >= 0.6 is 0 Å². The van der Waals surface area contributed by atoms with E-state index in [1.54, 1.807) is 0 Å². The zero-order chi connectivity index (χ0) is 9.68. The molecule has 0 aromatic carbocycles. The van der Waals surface area contributed by atoms with Gasteiger partial charge in [-0.1, -0.05) is 12.8 Å². The van der Waals surface area contributed by atoms with Crippen LogP contribution in [0.1, 0.15) is 25.7 Å². The van der Waals surface area contributed by atoms with Gasteiger partial charge in [0, 0.05) is 6.54 Å². The van der Waals surface area contributed by atoms with E-state index in [4.69, 9.17) is 5.73 Å². The largest absolute Gasteiger partial charge is 0.382 e. The van der Waals surface area contributed by atoms with Gasteiger partial charge in [0.15, 0.2) is 0 Å². The van der Waals surface area contributed by atoms with E-state index >= 15 is 0 Å². The summed E-state index contributed by atoms with van der Waals surface area (Å²) in [7, 11) is 0. The van der Waals surface area contributed by atoms with Crippen molar-refractivity contribution in [2.24, 2.45) is 5.73 Å². The fourth-order valence-electron chi connectivity index (χ4n) is 1.65. The third kappa shape index (κ3) is 3.74. The minimum absolute atomic E-state index is 0.398. The van der Waals surface area contributed by atoms with Crippen molar-refractivity contribution < 1.29 is 9.90 Å². The maximum Gasteiger partial charge on any atom is 0.247 e. The van der Waals surface area contributed by atoms with Crippen LogP contribution in [0, 0.1) is 0 Å². The number of carbonyl (C=O) groups excluding carboxylic acids is 1. The molecule has 0 radical (unpaired) electrons. The molecule has 1 fully saturated rings. The smallest absolute Gasteiger partial charge is 0.247 e. The van der Waals surface area contributed by atoms with Gasteiger partial charge in [-0.15, -0.1) is 0 Å². The highest BCUT2D eigenvalue weighted by atomic mass is 16.3. The average Bonchev–Trinajstić information content (AvgIpc) is 2.32. The van der Waals surface area contributed by atoms with Gasteiger partial charge in [-0.25, -0.2) is 0 Å². The lowest BCUT2D eigenvalue weighted by Gasteiger charge is -2.21. The maximum absolute atomic E-state index is 10.6. The summed E-state index contributed by atoms with van der Waals surface area (Å²) in [6.45, 7) is 2.35. The molecule has 1 heterocycles. The molecule has 1 amide bonds. The normalized spacial score (nSPS) is 22.2. The summed E-state index contributed by atoms with van der Waals surface area (Å²) in [5.74, 6) is -0.621. The molecule has 0 bridgehead atoms. The quantitative estimate of drug-likeness (QED) is 0.636. The number of hydrogen-bond acceptors (Lipinski definition) is 3. The molecule has 0 aromatic rings. The van der Waals surface area contributed by atoms with Gasteiger partial charge in [-0.2, -0.15) is 0 Å². The van der Waals surface area contributed by atoms with Crippen molar-refractivity contribution in [3.63, 3.8) is 0 Å². The number of nitrogens with two attached hydrogens (primary N) is 1. The topological polar surface area (TPSA) is 66.6 Å². The van der Waals surface area contributed by atoms with Crippen LogP contribution in [0.3, 0.4) is 0 Å². The zero-order valence-corrected chi connectivity index (χ0v) is 7.91. The molecule has 1 unspecified atom stereocenters. The molecule has 0 aromatic heterocycles. The van der Waals surface area contributed by atoms with E-state index in [2.05, 4.69) is 4.90 Å². The Labute approximate surface area is 78.7 Å². The lowest BCUT2D eigenvalue weighted by Crippen LogP contribution is -2.40. The summed E-state index contributed by atoms with van der Waals surface area (Å²) in [6, 6.07) is 0. The monoisotopic (exact) mass is 186 g/mol. The Balaban J connectivity index is 2.29. The van der Waals surface area contributed by atoms with Crippen LogP contribution in [-0.4, -0.2) is 41.7 Å². The van der Waals surface area contributed by atoms with Crippen molar-refractivity contribution in [1.82, 2.24) is 4.90 Å². The van der Waals surface area contributed by atoms with Gasteiger partial charge < -0.3 is 15.7 Å². The minimum Gasteiger partial charge on any atom is -0.382 e. The Morgan fingerprint density at radius 1 is 1.31 bits per heavy atom. The van der Waals surface area contributed by atoms with Gasteiger partial charge in [0.25, 0.3) is 0 Å². The number of β-amino-alcohol motifs (C(OH)–C–C–N with tert-alkyl or cyclic N) is 1. The number of nitrogens with zero attached hydrogens (tertiary/aromatic N) is 1. The number of likely N-dealkylation sites (tertiary alicyclic amines) is 1. The minimum atomic E-state index is -1.00. The van der Waals surface area contributed by atoms with Gasteiger partial charge in [0.2, 0.25) is 5.91 Å². The SMILES string of the molecule is NC(=O)C(O)CN1CCCCCC1. The third-order valence-corrected chi connectivity index (χ3v) is 2.46. The Morgan fingerprint density at radius 3 is 2.31 bits per heavy atom. The number of carbonyl (C=O) groups is 1. The zero-order valence-electron chi connectivity index (χ0n) is 7.91. The van der Waals surface area contributed by atoms with Crippen molar-refractivity contribution in [2.45, 2.75) is 31.8 Å². The molecule has 1 rings (SSSR count). The Bertz CT molecular complexity index is 165. The van der Waals surface area contributed by atoms with Crippen molar-refractivity contribution in [2.75, 3.05) is 19.6 Å². The second-order valence-electron chi connectivity index (χ2n) is 3.63. The summed E-state index contributed by atoms with van der Waals surface area (Å²) in [5, 5.41) is 9.25. The van der Waals surface area contributed by atoms with Crippen molar-refractivity contribution in [3.05, 3.63) is 0 Å². The van der Waals surface area contributed by atoms with E-state index in [0.29, 0.717) is 6.54 Å². The molecular weight excluding hydrogens is 168 g/mol. The molecule has 0 saturated carbocycles. The molecule has 0 spiro atoms. The lowest BCUT2D eigenvalue weighted by molar-refractivity contribution is -0.126. The molecule has 1 atom stereocenters. The standard InChI is InChI=1S/C9H18N2O2/c10-9(13)8(12)7-11-5-3-1-2-4-6-11/h8,12H,1-7H2,(H2,10,13). The fraction of sp³-hybridized carbons (Fsp3) is 0.889. The summed E-state index contributed by atoms with van der Waals surface area (Å²) < 4.78 is 0. The van der Waals surface area contributed by atoms with Crippen molar-refractivity contribution in [1.29, 1.82) is 0 Å². The van der Waals surface area contributed by atoms with Gasteiger partial charge in [-0.3, -0.25) is 4.79 Å². The summed E-state index contributed by atoms with van der Waals surface area (Å²) >= 11 is 0. The highest BCUT2D eigenvalue weighted by Crippen LogP contribution is 2.09. The summed E-state index contributed by atoms with van der Waals surface area (Å²) in [6.07, 6.45) is 3.82. The van der Waals surface area contributed by atoms with Crippen LogP contribution in [-0.2, 0) is 4.79 Å². The highest BCUT2D eigenvalue weighted by molar-refractivity contribution is 5.78. The molecule has 4 heteroatoms.